The molecule has 0 spiro atoms. The number of para-hydroxylation sites is 2. The fraction of sp³-hybridized carbons (Fsp3) is 0.214. The molecule has 0 unspecified atom stereocenters. The van der Waals surface area contributed by atoms with Crippen molar-refractivity contribution in [1.82, 2.24) is 0 Å². The molecular weight excluding hydrogens is 276 g/mol. The summed E-state index contributed by atoms with van der Waals surface area (Å²) in [6.45, 7) is 2.50. The summed E-state index contributed by atoms with van der Waals surface area (Å²) < 4.78 is 10.4. The molecule has 1 heterocycles. The van der Waals surface area contributed by atoms with Crippen LogP contribution < -0.4 is 10.1 Å². The molecule has 1 aromatic heterocycles. The van der Waals surface area contributed by atoms with Crippen molar-refractivity contribution in [2.75, 3.05) is 11.9 Å². The van der Waals surface area contributed by atoms with Crippen molar-refractivity contribution in [3.8, 4) is 5.75 Å². The normalized spacial score (nSPS) is 10.1. The second-order valence-corrected chi connectivity index (χ2v) is 4.19. The number of ether oxygens (including phenoxy) is 1. The van der Waals surface area contributed by atoms with E-state index in [4.69, 9.17) is 9.15 Å². The molecule has 0 bridgehead atoms. The summed E-state index contributed by atoms with van der Waals surface area (Å²) in [5.74, 6) is -0.646. The van der Waals surface area contributed by atoms with Gasteiger partial charge in [-0.05, 0) is 24.6 Å². The highest BCUT2D eigenvalue weighted by Crippen LogP contribution is 2.25. The van der Waals surface area contributed by atoms with E-state index in [1.165, 1.54) is 6.07 Å². The molecule has 0 radical (unpaired) electrons. The monoisotopic (exact) mass is 290 g/mol. The SMILES string of the molecule is CCCOc1ccccc1NC(=O)c1ccc([N+](=O)[O-])o1. The molecule has 7 heteroatoms. The third-order valence-corrected chi connectivity index (χ3v) is 2.59. The summed E-state index contributed by atoms with van der Waals surface area (Å²) in [6.07, 6.45) is 0.840. The number of benzene rings is 1. The number of carbonyl (C=O) groups excluding carboxylic acids is 1. The molecule has 0 aliphatic heterocycles. The number of amides is 1. The quantitative estimate of drug-likeness (QED) is 0.651. The lowest BCUT2D eigenvalue weighted by Gasteiger charge is -2.10. The van der Waals surface area contributed by atoms with Crippen LogP contribution in [0.1, 0.15) is 23.9 Å². The van der Waals surface area contributed by atoms with Gasteiger partial charge < -0.3 is 14.5 Å². The third kappa shape index (κ3) is 3.59. The summed E-state index contributed by atoms with van der Waals surface area (Å²) >= 11 is 0. The smallest absolute Gasteiger partial charge is 0.433 e. The molecule has 110 valence electrons. The zero-order valence-corrected chi connectivity index (χ0v) is 11.4. The van der Waals surface area contributed by atoms with Gasteiger partial charge in [0.2, 0.25) is 0 Å². The molecule has 7 nitrogen and oxygen atoms in total. The third-order valence-electron chi connectivity index (χ3n) is 2.59. The van der Waals surface area contributed by atoms with Gasteiger partial charge in [0.25, 0.3) is 5.91 Å². The lowest BCUT2D eigenvalue weighted by Crippen LogP contribution is -2.12. The molecule has 2 rings (SSSR count). The summed E-state index contributed by atoms with van der Waals surface area (Å²) in [6, 6.07) is 9.34. The number of nitrogens with zero attached hydrogens (tertiary/aromatic N) is 1. The molecule has 1 N–H and O–H groups in total. The van der Waals surface area contributed by atoms with E-state index < -0.39 is 16.7 Å². The molecular formula is C14H14N2O5. The number of hydrogen-bond acceptors (Lipinski definition) is 5. The zero-order chi connectivity index (χ0) is 15.2. The van der Waals surface area contributed by atoms with Gasteiger partial charge in [-0.15, -0.1) is 0 Å². The van der Waals surface area contributed by atoms with E-state index in [0.717, 1.165) is 12.5 Å². The van der Waals surface area contributed by atoms with E-state index in [1.54, 1.807) is 24.3 Å². The molecule has 0 atom stereocenters. The maximum absolute atomic E-state index is 12.0. The van der Waals surface area contributed by atoms with Crippen molar-refractivity contribution in [3.05, 3.63) is 52.3 Å². The Balaban J connectivity index is 2.13. The first kappa shape index (κ1) is 14.6. The summed E-state index contributed by atoms with van der Waals surface area (Å²) in [5, 5.41) is 13.1. The molecule has 1 amide bonds. The van der Waals surface area contributed by atoms with E-state index in [-0.39, 0.29) is 5.76 Å². The van der Waals surface area contributed by atoms with Crippen LogP contribution in [-0.2, 0) is 0 Å². The number of nitrogens with one attached hydrogen (secondary N) is 1. The summed E-state index contributed by atoms with van der Waals surface area (Å²) in [4.78, 5) is 21.8. The Kier molecular flexibility index (Phi) is 4.55. The van der Waals surface area contributed by atoms with Crippen LogP contribution in [0.4, 0.5) is 11.6 Å². The number of rotatable bonds is 6. The average Bonchev–Trinajstić information content (AvgIpc) is 2.96. The van der Waals surface area contributed by atoms with Crippen LogP contribution in [0.15, 0.2) is 40.8 Å². The van der Waals surface area contributed by atoms with Crippen LogP contribution in [0.25, 0.3) is 0 Å². The van der Waals surface area contributed by atoms with E-state index in [1.807, 2.05) is 6.92 Å². The number of nitro groups is 1. The second-order valence-electron chi connectivity index (χ2n) is 4.19. The van der Waals surface area contributed by atoms with Gasteiger partial charge in [0.15, 0.2) is 5.76 Å². The van der Waals surface area contributed by atoms with Crippen LogP contribution in [0.5, 0.6) is 5.75 Å². The highest BCUT2D eigenvalue weighted by Gasteiger charge is 2.18. The summed E-state index contributed by atoms with van der Waals surface area (Å²) in [5.41, 5.74) is 0.481. The van der Waals surface area contributed by atoms with E-state index >= 15 is 0 Å². The zero-order valence-electron chi connectivity index (χ0n) is 11.4. The van der Waals surface area contributed by atoms with Crippen molar-refractivity contribution in [3.63, 3.8) is 0 Å². The maximum atomic E-state index is 12.0. The van der Waals surface area contributed by atoms with Crippen LogP contribution in [0.2, 0.25) is 0 Å². The highest BCUT2D eigenvalue weighted by atomic mass is 16.6. The van der Waals surface area contributed by atoms with Gasteiger partial charge in [0.05, 0.1) is 18.4 Å². The van der Waals surface area contributed by atoms with Crippen LogP contribution >= 0.6 is 0 Å². The molecule has 21 heavy (non-hydrogen) atoms. The van der Waals surface area contributed by atoms with E-state index in [9.17, 15) is 14.9 Å². The Labute approximate surface area is 120 Å². The predicted octanol–water partition coefficient (Wildman–Crippen LogP) is 3.23. The first-order valence-electron chi connectivity index (χ1n) is 6.39. The Morgan fingerprint density at radius 2 is 2.10 bits per heavy atom. The van der Waals surface area contributed by atoms with Gasteiger partial charge in [-0.1, -0.05) is 19.1 Å². The Hall–Kier alpha value is -2.83. The number of anilines is 1. The predicted molar refractivity (Wildman–Crippen MR) is 75.5 cm³/mol. The lowest BCUT2D eigenvalue weighted by molar-refractivity contribution is -0.402. The Morgan fingerprint density at radius 3 is 2.76 bits per heavy atom. The standard InChI is InChI=1S/C14H14N2O5/c1-2-9-20-11-6-4-3-5-10(11)15-14(17)12-7-8-13(21-12)16(18)19/h3-8H,2,9H2,1H3,(H,15,17). The van der Waals surface area contributed by atoms with Crippen LogP contribution in [0.3, 0.4) is 0 Å². The van der Waals surface area contributed by atoms with Crippen molar-refractivity contribution in [2.45, 2.75) is 13.3 Å². The topological polar surface area (TPSA) is 94.6 Å². The van der Waals surface area contributed by atoms with Gasteiger partial charge in [-0.25, -0.2) is 0 Å². The van der Waals surface area contributed by atoms with E-state index in [0.29, 0.717) is 18.0 Å². The number of carbonyl (C=O) groups is 1. The van der Waals surface area contributed by atoms with E-state index in [2.05, 4.69) is 5.32 Å². The first-order valence-corrected chi connectivity index (χ1v) is 6.39. The van der Waals surface area contributed by atoms with Crippen molar-refractivity contribution >= 4 is 17.5 Å². The molecule has 0 saturated heterocycles. The lowest BCUT2D eigenvalue weighted by atomic mass is 10.3. The number of furan rings is 1. The first-order chi connectivity index (χ1) is 10.1. The van der Waals surface area contributed by atoms with Gasteiger partial charge >= 0.3 is 5.88 Å². The van der Waals surface area contributed by atoms with Gasteiger partial charge in [0.1, 0.15) is 10.7 Å². The molecule has 0 saturated carbocycles. The maximum Gasteiger partial charge on any atom is 0.433 e. The van der Waals surface area contributed by atoms with Crippen LogP contribution in [0, 0.1) is 10.1 Å². The largest absolute Gasteiger partial charge is 0.491 e. The fourth-order valence-electron chi connectivity index (χ4n) is 1.64. The number of hydrogen-bond donors (Lipinski definition) is 1. The second kappa shape index (κ2) is 6.56. The minimum atomic E-state index is -0.699. The summed E-state index contributed by atoms with van der Waals surface area (Å²) in [7, 11) is 0. The van der Waals surface area contributed by atoms with Gasteiger partial charge in [0, 0.05) is 0 Å². The van der Waals surface area contributed by atoms with Crippen LogP contribution in [-0.4, -0.2) is 17.4 Å². The highest BCUT2D eigenvalue weighted by molar-refractivity contribution is 6.03. The molecule has 1 aromatic carbocycles. The van der Waals surface area contributed by atoms with Gasteiger partial charge in [-0.3, -0.25) is 14.9 Å². The molecule has 0 fully saturated rings. The molecule has 2 aromatic rings. The van der Waals surface area contributed by atoms with Gasteiger partial charge in [-0.2, -0.15) is 0 Å². The molecule has 0 aliphatic rings. The van der Waals surface area contributed by atoms with Crippen molar-refractivity contribution < 1.29 is 18.9 Å². The Bertz CT molecular complexity index is 650. The van der Waals surface area contributed by atoms with Crippen molar-refractivity contribution in [2.24, 2.45) is 0 Å². The fourth-order valence-corrected chi connectivity index (χ4v) is 1.64. The molecule has 0 aliphatic carbocycles. The average molecular weight is 290 g/mol. The Morgan fingerprint density at radius 1 is 1.33 bits per heavy atom. The minimum absolute atomic E-state index is 0.132. The van der Waals surface area contributed by atoms with Crippen molar-refractivity contribution in [1.29, 1.82) is 0 Å². The minimum Gasteiger partial charge on any atom is -0.491 e.